The summed E-state index contributed by atoms with van der Waals surface area (Å²) in [5, 5.41) is 0. The number of carbonyl (C=O) groups excluding carboxylic acids is 1. The predicted molar refractivity (Wildman–Crippen MR) is 83.1 cm³/mol. The molecule has 0 bridgehead atoms. The molecule has 0 N–H and O–H groups in total. The lowest BCUT2D eigenvalue weighted by Gasteiger charge is -2.37. The number of amides is 1. The van der Waals surface area contributed by atoms with Gasteiger partial charge in [0.05, 0.1) is 18.8 Å². The van der Waals surface area contributed by atoms with Crippen LogP contribution in [-0.4, -0.2) is 36.1 Å². The fourth-order valence-corrected chi connectivity index (χ4v) is 3.62. The molecule has 1 amide bonds. The van der Waals surface area contributed by atoms with Crippen LogP contribution in [0.3, 0.4) is 0 Å². The van der Waals surface area contributed by atoms with Gasteiger partial charge in [0.15, 0.2) is 0 Å². The van der Waals surface area contributed by atoms with E-state index in [-0.39, 0.29) is 6.10 Å². The monoisotopic (exact) mass is 287 g/mol. The van der Waals surface area contributed by atoms with Gasteiger partial charge in [-0.1, -0.05) is 43.2 Å². The normalized spacial score (nSPS) is 26.3. The van der Waals surface area contributed by atoms with Gasteiger partial charge in [-0.15, -0.1) is 0 Å². The lowest BCUT2D eigenvalue weighted by molar-refractivity contribution is -0.134. The molecule has 1 saturated carbocycles. The van der Waals surface area contributed by atoms with Crippen molar-refractivity contribution in [1.29, 1.82) is 0 Å². The Morgan fingerprint density at radius 1 is 1.10 bits per heavy atom. The molecular formula is C18H25NO2. The van der Waals surface area contributed by atoms with Gasteiger partial charge in [0.2, 0.25) is 5.91 Å². The minimum Gasteiger partial charge on any atom is -0.376 e. The highest BCUT2D eigenvalue weighted by Gasteiger charge is 2.35. The Morgan fingerprint density at radius 2 is 1.90 bits per heavy atom. The molecule has 2 fully saturated rings. The van der Waals surface area contributed by atoms with Crippen LogP contribution in [0.1, 0.15) is 44.1 Å². The molecule has 1 heterocycles. The molecule has 1 aromatic rings. The van der Waals surface area contributed by atoms with E-state index in [1.54, 1.807) is 0 Å². The number of ether oxygens (including phenoxy) is 1. The van der Waals surface area contributed by atoms with Crippen molar-refractivity contribution in [3.05, 3.63) is 35.9 Å². The van der Waals surface area contributed by atoms with Crippen LogP contribution in [0.25, 0.3) is 0 Å². The van der Waals surface area contributed by atoms with Crippen LogP contribution in [0.15, 0.2) is 30.3 Å². The first-order valence-corrected chi connectivity index (χ1v) is 8.29. The molecule has 1 aliphatic carbocycles. The zero-order chi connectivity index (χ0) is 14.5. The number of benzene rings is 1. The van der Waals surface area contributed by atoms with E-state index in [0.29, 0.717) is 11.9 Å². The molecule has 0 radical (unpaired) electrons. The summed E-state index contributed by atoms with van der Waals surface area (Å²) in [6.45, 7) is 1.69. The second-order valence-corrected chi connectivity index (χ2v) is 6.19. The summed E-state index contributed by atoms with van der Waals surface area (Å²) < 4.78 is 6.17. The first-order valence-electron chi connectivity index (χ1n) is 8.29. The minimum atomic E-state index is 0.240. The quantitative estimate of drug-likeness (QED) is 0.832. The van der Waals surface area contributed by atoms with Crippen molar-refractivity contribution in [3.8, 4) is 0 Å². The van der Waals surface area contributed by atoms with Gasteiger partial charge in [0.25, 0.3) is 0 Å². The van der Waals surface area contributed by atoms with E-state index < -0.39 is 0 Å². The Kier molecular flexibility index (Phi) is 4.91. The molecule has 3 heteroatoms. The van der Waals surface area contributed by atoms with Crippen molar-refractivity contribution in [2.45, 2.75) is 57.1 Å². The van der Waals surface area contributed by atoms with Gasteiger partial charge in [-0.3, -0.25) is 4.79 Å². The Labute approximate surface area is 127 Å². The smallest absolute Gasteiger partial charge is 0.222 e. The van der Waals surface area contributed by atoms with Gasteiger partial charge < -0.3 is 9.64 Å². The number of hydrogen-bond acceptors (Lipinski definition) is 2. The predicted octanol–water partition coefficient (Wildman–Crippen LogP) is 3.18. The van der Waals surface area contributed by atoms with Gasteiger partial charge in [-0.05, 0) is 31.2 Å². The molecule has 1 aliphatic heterocycles. The van der Waals surface area contributed by atoms with Crippen molar-refractivity contribution < 1.29 is 9.53 Å². The highest BCUT2D eigenvalue weighted by atomic mass is 16.5. The molecule has 114 valence electrons. The number of rotatable bonds is 5. The van der Waals surface area contributed by atoms with Crippen LogP contribution in [0.2, 0.25) is 0 Å². The Hall–Kier alpha value is -1.35. The van der Waals surface area contributed by atoms with E-state index in [1.165, 1.54) is 18.4 Å². The second kappa shape index (κ2) is 7.08. The van der Waals surface area contributed by atoms with Crippen molar-refractivity contribution in [2.24, 2.45) is 0 Å². The molecule has 2 aliphatic rings. The minimum absolute atomic E-state index is 0.240. The maximum Gasteiger partial charge on any atom is 0.222 e. The summed E-state index contributed by atoms with van der Waals surface area (Å²) in [5.74, 6) is 0.332. The number of carbonyl (C=O) groups is 1. The third kappa shape index (κ3) is 3.65. The Morgan fingerprint density at radius 3 is 2.67 bits per heavy atom. The third-order valence-corrected chi connectivity index (χ3v) is 4.74. The average molecular weight is 287 g/mol. The summed E-state index contributed by atoms with van der Waals surface area (Å²) in [7, 11) is 0. The van der Waals surface area contributed by atoms with Gasteiger partial charge in [0, 0.05) is 13.0 Å². The highest BCUT2D eigenvalue weighted by Crippen LogP contribution is 2.28. The summed E-state index contributed by atoms with van der Waals surface area (Å²) in [6.07, 6.45) is 7.62. The van der Waals surface area contributed by atoms with Crippen molar-refractivity contribution in [2.75, 3.05) is 13.2 Å². The molecular weight excluding hydrogens is 262 g/mol. The first kappa shape index (κ1) is 14.6. The van der Waals surface area contributed by atoms with E-state index in [4.69, 9.17) is 4.74 Å². The second-order valence-electron chi connectivity index (χ2n) is 6.19. The summed E-state index contributed by atoms with van der Waals surface area (Å²) in [6, 6.07) is 10.8. The molecule has 2 atom stereocenters. The molecule has 1 saturated heterocycles. The molecule has 0 unspecified atom stereocenters. The molecule has 3 rings (SSSR count). The van der Waals surface area contributed by atoms with E-state index >= 15 is 0 Å². The fourth-order valence-electron chi connectivity index (χ4n) is 3.62. The van der Waals surface area contributed by atoms with Crippen LogP contribution in [0.4, 0.5) is 0 Å². The van der Waals surface area contributed by atoms with E-state index in [2.05, 4.69) is 29.2 Å². The third-order valence-electron chi connectivity index (χ3n) is 4.74. The van der Waals surface area contributed by atoms with Crippen molar-refractivity contribution in [3.63, 3.8) is 0 Å². The van der Waals surface area contributed by atoms with E-state index in [0.717, 1.165) is 45.3 Å². The van der Waals surface area contributed by atoms with Gasteiger partial charge in [-0.2, -0.15) is 0 Å². The van der Waals surface area contributed by atoms with E-state index in [1.807, 2.05) is 6.07 Å². The maximum atomic E-state index is 12.0. The van der Waals surface area contributed by atoms with Gasteiger partial charge in [-0.25, -0.2) is 0 Å². The maximum absolute atomic E-state index is 12.0. The molecule has 0 aromatic heterocycles. The summed E-state index contributed by atoms with van der Waals surface area (Å²) in [4.78, 5) is 14.1. The number of likely N-dealkylation sites (tertiary alicyclic amines) is 1. The van der Waals surface area contributed by atoms with Gasteiger partial charge in [0.1, 0.15) is 0 Å². The summed E-state index contributed by atoms with van der Waals surface area (Å²) >= 11 is 0. The average Bonchev–Trinajstić information content (AvgIpc) is 2.95. The Bertz CT molecular complexity index is 460. The van der Waals surface area contributed by atoms with Crippen LogP contribution in [0, 0.1) is 0 Å². The highest BCUT2D eigenvalue weighted by molar-refractivity contribution is 5.78. The zero-order valence-corrected chi connectivity index (χ0v) is 12.7. The van der Waals surface area contributed by atoms with Crippen LogP contribution < -0.4 is 0 Å². The SMILES string of the molecule is O=C1CCCN1[C@@H]1CCCC[C@H]1OCCc1ccccc1. The van der Waals surface area contributed by atoms with E-state index in [9.17, 15) is 4.79 Å². The molecule has 3 nitrogen and oxygen atoms in total. The summed E-state index contributed by atoms with van der Waals surface area (Å²) in [5.41, 5.74) is 1.32. The zero-order valence-electron chi connectivity index (χ0n) is 12.7. The van der Waals surface area contributed by atoms with Crippen molar-refractivity contribution >= 4 is 5.91 Å². The largest absolute Gasteiger partial charge is 0.376 e. The van der Waals surface area contributed by atoms with Gasteiger partial charge >= 0.3 is 0 Å². The van der Waals surface area contributed by atoms with Crippen LogP contribution in [-0.2, 0) is 16.0 Å². The van der Waals surface area contributed by atoms with Crippen molar-refractivity contribution in [1.82, 2.24) is 4.90 Å². The topological polar surface area (TPSA) is 29.5 Å². The fraction of sp³-hybridized carbons (Fsp3) is 0.611. The van der Waals surface area contributed by atoms with Crippen LogP contribution in [0.5, 0.6) is 0 Å². The lowest BCUT2D eigenvalue weighted by Crippen LogP contribution is -2.47. The number of hydrogen-bond donors (Lipinski definition) is 0. The lowest BCUT2D eigenvalue weighted by atomic mass is 9.91. The molecule has 0 spiro atoms. The first-order chi connectivity index (χ1) is 10.3. The molecule has 1 aromatic carbocycles. The van der Waals surface area contributed by atoms with Crippen LogP contribution >= 0.6 is 0 Å². The standard InChI is InChI=1S/C18H25NO2/c20-18-11-6-13-19(18)16-9-4-5-10-17(16)21-14-12-15-7-2-1-3-8-15/h1-3,7-8,16-17H,4-6,9-14H2/t16-,17-/m1/s1. The molecule has 21 heavy (non-hydrogen) atoms. The Balaban J connectivity index is 1.53. The number of nitrogens with zero attached hydrogens (tertiary/aromatic N) is 1.